The molecule has 0 spiro atoms. The molecule has 0 unspecified atom stereocenters. The van der Waals surface area contributed by atoms with Gasteiger partial charge in [0.1, 0.15) is 5.82 Å². The van der Waals surface area contributed by atoms with Crippen LogP contribution in [0, 0.1) is 5.82 Å². The summed E-state index contributed by atoms with van der Waals surface area (Å²) in [5.74, 6) is -0.649. The summed E-state index contributed by atoms with van der Waals surface area (Å²) in [5.41, 5.74) is 0.417. The van der Waals surface area contributed by atoms with Crippen LogP contribution in [0.3, 0.4) is 0 Å². The molecule has 2 N–H and O–H groups in total. The third-order valence-electron chi connectivity index (χ3n) is 3.67. The van der Waals surface area contributed by atoms with E-state index in [1.54, 1.807) is 6.07 Å². The Morgan fingerprint density at radius 3 is 3.05 bits per heavy atom. The summed E-state index contributed by atoms with van der Waals surface area (Å²) in [4.78, 5) is 11.7. The average molecular weight is 295 g/mol. The summed E-state index contributed by atoms with van der Waals surface area (Å²) in [6.07, 6.45) is 3.32. The summed E-state index contributed by atoms with van der Waals surface area (Å²) < 4.78 is 18.6. The molecule has 1 amide bonds. The van der Waals surface area contributed by atoms with E-state index in [0.717, 1.165) is 25.9 Å². The molecule has 0 aromatic heterocycles. The van der Waals surface area contributed by atoms with Crippen LogP contribution in [-0.4, -0.2) is 30.3 Å². The molecular weight excluding hydrogens is 273 g/mol. The zero-order chi connectivity index (χ0) is 15.1. The molecule has 1 fully saturated rings. The Labute approximate surface area is 124 Å². The van der Waals surface area contributed by atoms with Crippen molar-refractivity contribution in [2.45, 2.75) is 44.3 Å². The molecule has 1 aliphatic rings. The maximum Gasteiger partial charge on any atom is 0.222 e. The number of aliphatic hydroxyl groups excluding tert-OH is 1. The number of rotatable bonds is 6. The second-order valence-corrected chi connectivity index (χ2v) is 5.40. The third-order valence-corrected chi connectivity index (χ3v) is 3.67. The Bertz CT molecular complexity index is 461. The van der Waals surface area contributed by atoms with Crippen LogP contribution in [0.1, 0.15) is 43.8 Å². The van der Waals surface area contributed by atoms with Gasteiger partial charge < -0.3 is 15.2 Å². The van der Waals surface area contributed by atoms with Gasteiger partial charge in [-0.15, -0.1) is 0 Å². The smallest absolute Gasteiger partial charge is 0.222 e. The van der Waals surface area contributed by atoms with E-state index in [9.17, 15) is 14.3 Å². The van der Waals surface area contributed by atoms with Crippen LogP contribution in [0.2, 0.25) is 0 Å². The molecule has 5 heteroatoms. The summed E-state index contributed by atoms with van der Waals surface area (Å²) >= 11 is 0. The van der Waals surface area contributed by atoms with Gasteiger partial charge in [-0.3, -0.25) is 4.79 Å². The summed E-state index contributed by atoms with van der Waals surface area (Å²) in [7, 11) is 0. The normalized spacial score (nSPS) is 20.0. The first-order valence-corrected chi connectivity index (χ1v) is 7.47. The molecule has 2 atom stereocenters. The van der Waals surface area contributed by atoms with Crippen LogP contribution in [-0.2, 0) is 9.53 Å². The van der Waals surface area contributed by atoms with E-state index in [2.05, 4.69) is 5.32 Å². The highest BCUT2D eigenvalue weighted by Crippen LogP contribution is 2.18. The van der Waals surface area contributed by atoms with E-state index >= 15 is 0 Å². The lowest BCUT2D eigenvalue weighted by Gasteiger charge is -2.22. The number of amides is 1. The van der Waals surface area contributed by atoms with Crippen molar-refractivity contribution in [1.82, 2.24) is 5.32 Å². The minimum atomic E-state index is -0.980. The van der Waals surface area contributed by atoms with E-state index in [0.29, 0.717) is 12.1 Å². The zero-order valence-corrected chi connectivity index (χ0v) is 12.1. The van der Waals surface area contributed by atoms with Crippen molar-refractivity contribution in [2.75, 3.05) is 13.2 Å². The molecule has 0 radical (unpaired) electrons. The van der Waals surface area contributed by atoms with Gasteiger partial charge in [0.25, 0.3) is 0 Å². The van der Waals surface area contributed by atoms with Crippen molar-refractivity contribution >= 4 is 5.91 Å². The Morgan fingerprint density at radius 2 is 2.33 bits per heavy atom. The minimum Gasteiger partial charge on any atom is -0.388 e. The summed E-state index contributed by atoms with van der Waals surface area (Å²) in [6.45, 7) is 1.34. The Morgan fingerprint density at radius 1 is 1.48 bits per heavy atom. The Hall–Kier alpha value is -1.46. The number of halogens is 1. The van der Waals surface area contributed by atoms with Crippen molar-refractivity contribution in [1.29, 1.82) is 0 Å². The zero-order valence-electron chi connectivity index (χ0n) is 12.1. The molecule has 1 aromatic carbocycles. The highest BCUT2D eigenvalue weighted by atomic mass is 19.1. The van der Waals surface area contributed by atoms with Gasteiger partial charge in [-0.25, -0.2) is 4.39 Å². The first-order valence-electron chi connectivity index (χ1n) is 7.47. The van der Waals surface area contributed by atoms with Gasteiger partial charge in [0.2, 0.25) is 5.91 Å². The molecule has 21 heavy (non-hydrogen) atoms. The van der Waals surface area contributed by atoms with Crippen LogP contribution < -0.4 is 5.32 Å². The van der Waals surface area contributed by atoms with Gasteiger partial charge in [0, 0.05) is 13.2 Å². The van der Waals surface area contributed by atoms with Crippen LogP contribution in [0.5, 0.6) is 0 Å². The number of ether oxygens (including phenoxy) is 1. The quantitative estimate of drug-likeness (QED) is 0.847. The van der Waals surface area contributed by atoms with Gasteiger partial charge in [-0.2, -0.15) is 0 Å². The largest absolute Gasteiger partial charge is 0.388 e. The molecule has 4 nitrogen and oxygen atoms in total. The second-order valence-electron chi connectivity index (χ2n) is 5.40. The topological polar surface area (TPSA) is 58.6 Å². The van der Waals surface area contributed by atoms with Crippen LogP contribution >= 0.6 is 0 Å². The molecule has 1 aliphatic heterocycles. The summed E-state index contributed by atoms with van der Waals surface area (Å²) in [6, 6.07) is 5.68. The maximum absolute atomic E-state index is 13.0. The number of aliphatic hydroxyl groups is 1. The van der Waals surface area contributed by atoms with E-state index in [4.69, 9.17) is 4.74 Å². The van der Waals surface area contributed by atoms with E-state index in [1.807, 2.05) is 0 Å². The van der Waals surface area contributed by atoms with Crippen molar-refractivity contribution < 1.29 is 19.0 Å². The van der Waals surface area contributed by atoms with Gasteiger partial charge in [0.15, 0.2) is 0 Å². The van der Waals surface area contributed by atoms with Crippen LogP contribution in [0.4, 0.5) is 4.39 Å². The molecule has 1 saturated heterocycles. The predicted molar refractivity (Wildman–Crippen MR) is 77.2 cm³/mol. The lowest BCUT2D eigenvalue weighted by molar-refractivity contribution is -0.123. The van der Waals surface area contributed by atoms with Crippen LogP contribution in [0.25, 0.3) is 0 Å². The highest BCUT2D eigenvalue weighted by Gasteiger charge is 2.16. The fraction of sp³-hybridized carbons (Fsp3) is 0.562. The van der Waals surface area contributed by atoms with Gasteiger partial charge in [0.05, 0.1) is 18.6 Å². The molecular formula is C16H22FNO3. The highest BCUT2D eigenvalue weighted by molar-refractivity contribution is 5.76. The van der Waals surface area contributed by atoms with Gasteiger partial charge in [-0.05, 0) is 43.4 Å². The summed E-state index contributed by atoms with van der Waals surface area (Å²) in [5, 5.41) is 12.7. The lowest BCUT2D eigenvalue weighted by Crippen LogP contribution is -2.30. The van der Waals surface area contributed by atoms with Gasteiger partial charge >= 0.3 is 0 Å². The molecule has 0 aliphatic carbocycles. The number of benzene rings is 1. The predicted octanol–water partition coefficient (Wildman–Crippen LogP) is 2.32. The molecule has 1 heterocycles. The average Bonchev–Trinajstić information content (AvgIpc) is 2.48. The third kappa shape index (κ3) is 5.44. The number of nitrogens with one attached hydrogen (secondary N) is 1. The Balaban J connectivity index is 1.69. The van der Waals surface area contributed by atoms with Gasteiger partial charge in [-0.1, -0.05) is 12.1 Å². The second kappa shape index (κ2) is 8.10. The molecule has 2 rings (SSSR count). The number of carbonyl (C=O) groups is 1. The van der Waals surface area contributed by atoms with Crippen molar-refractivity contribution in [3.05, 3.63) is 35.6 Å². The van der Waals surface area contributed by atoms with Crippen molar-refractivity contribution in [2.24, 2.45) is 0 Å². The molecule has 0 saturated carbocycles. The molecule has 1 aromatic rings. The number of hydrogen-bond donors (Lipinski definition) is 2. The maximum atomic E-state index is 13.0. The molecule has 116 valence electrons. The molecule has 0 bridgehead atoms. The number of hydrogen-bond acceptors (Lipinski definition) is 3. The number of carbonyl (C=O) groups excluding carboxylic acids is 1. The monoisotopic (exact) mass is 295 g/mol. The lowest BCUT2D eigenvalue weighted by atomic mass is 10.1. The van der Waals surface area contributed by atoms with E-state index in [1.165, 1.54) is 24.6 Å². The fourth-order valence-corrected chi connectivity index (χ4v) is 2.49. The van der Waals surface area contributed by atoms with Crippen molar-refractivity contribution in [3.8, 4) is 0 Å². The van der Waals surface area contributed by atoms with Crippen LogP contribution in [0.15, 0.2) is 24.3 Å². The fourth-order valence-electron chi connectivity index (χ4n) is 2.49. The van der Waals surface area contributed by atoms with E-state index in [-0.39, 0.29) is 18.4 Å². The SMILES string of the molecule is O=C(C[C@@H](O)c1cccc(F)c1)NCC[C@H]1CCCCO1. The Kier molecular flexibility index (Phi) is 6.14. The minimum absolute atomic E-state index is 0.0605. The van der Waals surface area contributed by atoms with Crippen molar-refractivity contribution in [3.63, 3.8) is 0 Å². The first kappa shape index (κ1) is 15.9. The standard InChI is InChI=1S/C16H22FNO3/c17-13-5-3-4-12(10-13)15(19)11-16(20)18-8-7-14-6-1-2-9-21-14/h3-5,10,14-15,19H,1-2,6-9,11H2,(H,18,20)/t14-,15-/m1/s1. The van der Waals surface area contributed by atoms with E-state index < -0.39 is 11.9 Å². The first-order chi connectivity index (χ1) is 10.1.